The fourth-order valence-electron chi connectivity index (χ4n) is 3.19. The molecule has 0 saturated carbocycles. The summed E-state index contributed by atoms with van der Waals surface area (Å²) in [5.74, 6) is 0.773. The lowest BCUT2D eigenvalue weighted by Gasteiger charge is -2.12. The van der Waals surface area contributed by atoms with Crippen molar-refractivity contribution < 1.29 is 14.4 Å². The van der Waals surface area contributed by atoms with E-state index in [-0.39, 0.29) is 0 Å². The molecular formula is C22H20N2O3. The molecule has 0 fully saturated rings. The molecule has 0 spiro atoms. The lowest BCUT2D eigenvalue weighted by atomic mass is 9.97. The SMILES string of the molecule is Cc1cc(COc2ccc(C3=NOC(C)(C=O)C3)cc2)c2ccccc2n1. The molecule has 1 aliphatic heterocycles. The standard InChI is InChI=1S/C22H20N2O3/c1-15-11-17(19-5-3-4-6-20(19)23-15)13-26-18-9-7-16(8-10-18)21-12-22(2,14-25)27-24-21/h3-11,14H,12-13H2,1-2H3. The van der Waals surface area contributed by atoms with Gasteiger partial charge in [0.25, 0.3) is 0 Å². The molecule has 3 aromatic rings. The summed E-state index contributed by atoms with van der Waals surface area (Å²) in [6.07, 6.45) is 1.26. The van der Waals surface area contributed by atoms with Crippen molar-refractivity contribution in [2.45, 2.75) is 32.5 Å². The zero-order chi connectivity index (χ0) is 18.9. The molecule has 1 unspecified atom stereocenters. The van der Waals surface area contributed by atoms with Gasteiger partial charge in [0.15, 0.2) is 11.9 Å². The molecule has 0 saturated heterocycles. The van der Waals surface area contributed by atoms with Crippen LogP contribution in [0.5, 0.6) is 5.75 Å². The highest BCUT2D eigenvalue weighted by Crippen LogP contribution is 2.26. The van der Waals surface area contributed by atoms with E-state index in [1.807, 2.05) is 49.4 Å². The van der Waals surface area contributed by atoms with Gasteiger partial charge in [-0.25, -0.2) is 0 Å². The molecule has 2 heterocycles. The third-order valence-corrected chi connectivity index (χ3v) is 4.64. The van der Waals surface area contributed by atoms with E-state index < -0.39 is 5.60 Å². The number of hydrogen-bond donors (Lipinski definition) is 0. The topological polar surface area (TPSA) is 60.8 Å². The average molecular weight is 360 g/mol. The normalized spacial score (nSPS) is 18.8. The molecule has 0 N–H and O–H groups in total. The van der Waals surface area contributed by atoms with Gasteiger partial charge in [0.2, 0.25) is 0 Å². The number of hydrogen-bond acceptors (Lipinski definition) is 5. The van der Waals surface area contributed by atoms with Gasteiger partial charge in [-0.1, -0.05) is 23.4 Å². The van der Waals surface area contributed by atoms with Gasteiger partial charge in [0.05, 0.1) is 11.2 Å². The van der Waals surface area contributed by atoms with E-state index in [4.69, 9.17) is 9.57 Å². The highest BCUT2D eigenvalue weighted by Gasteiger charge is 2.34. The first-order valence-corrected chi connectivity index (χ1v) is 8.86. The number of carbonyl (C=O) groups excluding carboxylic acids is 1. The van der Waals surface area contributed by atoms with E-state index in [1.54, 1.807) is 6.92 Å². The minimum absolute atomic E-state index is 0.469. The molecule has 5 nitrogen and oxygen atoms in total. The summed E-state index contributed by atoms with van der Waals surface area (Å²) in [6, 6.07) is 17.8. The summed E-state index contributed by atoms with van der Waals surface area (Å²) in [7, 11) is 0. The monoisotopic (exact) mass is 360 g/mol. The molecule has 0 bridgehead atoms. The van der Waals surface area contributed by atoms with Crippen molar-refractivity contribution >= 4 is 22.9 Å². The largest absolute Gasteiger partial charge is 0.489 e. The van der Waals surface area contributed by atoms with E-state index in [2.05, 4.69) is 22.3 Å². The van der Waals surface area contributed by atoms with Crippen molar-refractivity contribution in [1.29, 1.82) is 0 Å². The number of fused-ring (bicyclic) bond motifs is 1. The van der Waals surface area contributed by atoms with Crippen LogP contribution in [-0.2, 0) is 16.2 Å². The molecule has 2 aromatic carbocycles. The number of benzene rings is 2. The lowest BCUT2D eigenvalue weighted by molar-refractivity contribution is -0.125. The Balaban J connectivity index is 1.48. The fourth-order valence-corrected chi connectivity index (χ4v) is 3.19. The molecule has 1 aliphatic rings. The quantitative estimate of drug-likeness (QED) is 0.640. The number of nitrogens with zero attached hydrogens (tertiary/aromatic N) is 2. The molecule has 5 heteroatoms. The van der Waals surface area contributed by atoms with Gasteiger partial charge in [-0.2, -0.15) is 0 Å². The Bertz CT molecular complexity index is 1030. The van der Waals surface area contributed by atoms with Crippen LogP contribution < -0.4 is 4.74 Å². The third-order valence-electron chi connectivity index (χ3n) is 4.64. The Morgan fingerprint density at radius 1 is 1.19 bits per heavy atom. The first kappa shape index (κ1) is 17.2. The third kappa shape index (κ3) is 3.53. The smallest absolute Gasteiger partial charge is 0.195 e. The van der Waals surface area contributed by atoms with Crippen LogP contribution >= 0.6 is 0 Å². The summed E-state index contributed by atoms with van der Waals surface area (Å²) in [4.78, 5) is 20.9. The van der Waals surface area contributed by atoms with Crippen LogP contribution in [0.3, 0.4) is 0 Å². The van der Waals surface area contributed by atoms with Gasteiger partial charge in [0, 0.05) is 23.1 Å². The van der Waals surface area contributed by atoms with Gasteiger partial charge in [-0.3, -0.25) is 9.78 Å². The summed E-state index contributed by atoms with van der Waals surface area (Å²) in [6.45, 7) is 4.19. The Morgan fingerprint density at radius 3 is 2.70 bits per heavy atom. The molecule has 27 heavy (non-hydrogen) atoms. The molecular weight excluding hydrogens is 340 g/mol. The predicted octanol–water partition coefficient (Wildman–Crippen LogP) is 4.20. The van der Waals surface area contributed by atoms with Crippen molar-refractivity contribution in [2.75, 3.05) is 0 Å². The zero-order valence-electron chi connectivity index (χ0n) is 15.3. The van der Waals surface area contributed by atoms with Crippen molar-refractivity contribution in [1.82, 2.24) is 4.98 Å². The molecule has 1 atom stereocenters. The number of aromatic nitrogens is 1. The molecule has 1 aromatic heterocycles. The van der Waals surface area contributed by atoms with E-state index >= 15 is 0 Å². The van der Waals surface area contributed by atoms with Crippen LogP contribution in [0.25, 0.3) is 10.9 Å². The number of aldehydes is 1. The summed E-state index contributed by atoms with van der Waals surface area (Å²) in [5, 5.41) is 5.14. The van der Waals surface area contributed by atoms with Crippen molar-refractivity contribution in [2.24, 2.45) is 5.16 Å². The Hall–Kier alpha value is -3.21. The minimum atomic E-state index is -0.856. The maximum atomic E-state index is 11.1. The number of rotatable bonds is 5. The first-order chi connectivity index (χ1) is 13.1. The predicted molar refractivity (Wildman–Crippen MR) is 104 cm³/mol. The summed E-state index contributed by atoms with van der Waals surface area (Å²) < 4.78 is 5.98. The second-order valence-corrected chi connectivity index (χ2v) is 6.99. The van der Waals surface area contributed by atoms with Crippen LogP contribution in [0.4, 0.5) is 0 Å². The maximum Gasteiger partial charge on any atom is 0.195 e. The zero-order valence-corrected chi connectivity index (χ0v) is 15.3. The minimum Gasteiger partial charge on any atom is -0.489 e. The lowest BCUT2D eigenvalue weighted by Crippen LogP contribution is -2.26. The van der Waals surface area contributed by atoms with Crippen LogP contribution in [0, 0.1) is 6.92 Å². The van der Waals surface area contributed by atoms with Gasteiger partial charge in [-0.15, -0.1) is 0 Å². The molecule has 0 amide bonds. The van der Waals surface area contributed by atoms with Crippen LogP contribution in [0.15, 0.2) is 59.8 Å². The second kappa shape index (κ2) is 6.83. The number of para-hydroxylation sites is 1. The van der Waals surface area contributed by atoms with Crippen molar-refractivity contribution in [3.63, 3.8) is 0 Å². The van der Waals surface area contributed by atoms with Crippen molar-refractivity contribution in [3.8, 4) is 5.75 Å². The van der Waals surface area contributed by atoms with Gasteiger partial charge >= 0.3 is 0 Å². The van der Waals surface area contributed by atoms with Crippen LogP contribution in [-0.4, -0.2) is 22.6 Å². The molecule has 0 aliphatic carbocycles. The Kier molecular flexibility index (Phi) is 4.36. The van der Waals surface area contributed by atoms with Crippen molar-refractivity contribution in [3.05, 3.63) is 71.4 Å². The van der Waals surface area contributed by atoms with E-state index in [1.165, 1.54) is 0 Å². The highest BCUT2D eigenvalue weighted by molar-refractivity contribution is 6.03. The van der Waals surface area contributed by atoms with Gasteiger partial charge in [0.1, 0.15) is 12.4 Å². The van der Waals surface area contributed by atoms with E-state index in [0.717, 1.165) is 45.5 Å². The Labute approximate surface area is 157 Å². The summed E-state index contributed by atoms with van der Waals surface area (Å²) >= 11 is 0. The number of pyridine rings is 1. The number of ether oxygens (including phenoxy) is 1. The van der Waals surface area contributed by atoms with E-state index in [9.17, 15) is 4.79 Å². The highest BCUT2D eigenvalue weighted by atomic mass is 16.7. The first-order valence-electron chi connectivity index (χ1n) is 8.86. The molecule has 0 radical (unpaired) electrons. The molecule has 4 rings (SSSR count). The van der Waals surface area contributed by atoms with Crippen LogP contribution in [0.2, 0.25) is 0 Å². The van der Waals surface area contributed by atoms with E-state index in [0.29, 0.717) is 13.0 Å². The average Bonchev–Trinajstić information content (AvgIpc) is 3.09. The number of oxime groups is 1. The maximum absolute atomic E-state index is 11.1. The summed E-state index contributed by atoms with van der Waals surface area (Å²) in [5.41, 5.74) is 3.90. The number of aryl methyl sites for hydroxylation is 1. The fraction of sp³-hybridized carbons (Fsp3) is 0.227. The molecule has 136 valence electrons. The number of carbonyl (C=O) groups is 1. The second-order valence-electron chi connectivity index (χ2n) is 6.99. The van der Waals surface area contributed by atoms with Gasteiger partial charge in [-0.05, 0) is 55.8 Å². The Morgan fingerprint density at radius 2 is 1.96 bits per heavy atom. The van der Waals surface area contributed by atoms with Crippen LogP contribution in [0.1, 0.15) is 30.2 Å². The van der Waals surface area contributed by atoms with Gasteiger partial charge < -0.3 is 9.57 Å².